The highest BCUT2D eigenvalue weighted by Crippen LogP contribution is 2.59. The van der Waals surface area contributed by atoms with Crippen LogP contribution in [-0.2, 0) is 13.0 Å². The minimum absolute atomic E-state index is 0.0910. The van der Waals surface area contributed by atoms with Crippen molar-refractivity contribution < 1.29 is 13.6 Å². The molecule has 3 N–H and O–H groups in total. The number of aromatic nitrogens is 4. The number of carbonyl (C=O) groups is 1. The highest BCUT2D eigenvalue weighted by molar-refractivity contribution is 5.94. The van der Waals surface area contributed by atoms with Gasteiger partial charge in [-0.2, -0.15) is 5.10 Å². The van der Waals surface area contributed by atoms with Crippen LogP contribution in [0, 0.1) is 18.8 Å². The van der Waals surface area contributed by atoms with E-state index in [0.29, 0.717) is 31.0 Å². The standard InChI is InChI=1S/C24H25F2N7O/c1-13-14(2-5-21(30-13)32-11-18-19(12-32)24(18,25)26)9-33-10-15(8-29-33)23(34)31-20-4-3-17-16(20)6-7-28-22(17)27/h2,5-8,10,18-20H,3-4,9,11-12H2,1H3,(H2,27,28)(H,31,34). The van der Waals surface area contributed by atoms with E-state index in [-0.39, 0.29) is 11.9 Å². The van der Waals surface area contributed by atoms with E-state index in [0.717, 1.165) is 41.0 Å². The number of piperidine rings is 1. The maximum Gasteiger partial charge on any atom is 0.258 e. The van der Waals surface area contributed by atoms with Crippen molar-refractivity contribution in [1.82, 2.24) is 25.1 Å². The van der Waals surface area contributed by atoms with Gasteiger partial charge in [-0.3, -0.25) is 9.48 Å². The molecule has 0 radical (unpaired) electrons. The van der Waals surface area contributed by atoms with Crippen molar-refractivity contribution in [2.75, 3.05) is 23.7 Å². The monoisotopic (exact) mass is 465 g/mol. The number of hydrogen-bond acceptors (Lipinski definition) is 6. The summed E-state index contributed by atoms with van der Waals surface area (Å²) in [7, 11) is 0. The molecule has 4 heterocycles. The number of halogens is 2. The molecule has 1 aliphatic heterocycles. The van der Waals surface area contributed by atoms with E-state index in [2.05, 4.69) is 20.4 Å². The quantitative estimate of drug-likeness (QED) is 0.601. The van der Waals surface area contributed by atoms with Crippen molar-refractivity contribution in [3.05, 3.63) is 64.7 Å². The molecule has 176 valence electrons. The van der Waals surface area contributed by atoms with Gasteiger partial charge in [0.25, 0.3) is 11.8 Å². The second-order valence-corrected chi connectivity index (χ2v) is 9.46. The number of pyridine rings is 2. The van der Waals surface area contributed by atoms with Crippen LogP contribution in [0.5, 0.6) is 0 Å². The summed E-state index contributed by atoms with van der Waals surface area (Å²) in [6.45, 7) is 3.08. The Hall–Kier alpha value is -3.56. The number of rotatable bonds is 5. The summed E-state index contributed by atoms with van der Waals surface area (Å²) in [5, 5.41) is 7.41. The fraction of sp³-hybridized carbons (Fsp3) is 0.417. The molecule has 3 unspecified atom stereocenters. The first-order chi connectivity index (χ1) is 16.3. The number of amides is 1. The minimum atomic E-state index is -2.50. The molecular formula is C24H25F2N7O. The summed E-state index contributed by atoms with van der Waals surface area (Å²) in [5.74, 6) is -2.49. The third-order valence-electron chi connectivity index (χ3n) is 7.42. The zero-order valence-corrected chi connectivity index (χ0v) is 18.7. The Bertz CT molecular complexity index is 1280. The molecule has 2 aliphatic carbocycles. The van der Waals surface area contributed by atoms with Crippen molar-refractivity contribution >= 4 is 17.5 Å². The van der Waals surface area contributed by atoms with E-state index < -0.39 is 17.8 Å². The molecule has 3 aromatic rings. The lowest BCUT2D eigenvalue weighted by molar-refractivity contribution is 0.0796. The smallest absolute Gasteiger partial charge is 0.258 e. The number of anilines is 2. The molecule has 0 bridgehead atoms. The summed E-state index contributed by atoms with van der Waals surface area (Å²) in [6, 6.07) is 5.64. The first kappa shape index (κ1) is 21.0. The lowest BCUT2D eigenvalue weighted by Crippen LogP contribution is -2.28. The first-order valence-electron chi connectivity index (χ1n) is 11.5. The van der Waals surface area contributed by atoms with Gasteiger partial charge in [0, 0.05) is 31.2 Å². The number of nitrogens with two attached hydrogens (primary N) is 1. The van der Waals surface area contributed by atoms with Gasteiger partial charge in [-0.25, -0.2) is 18.7 Å². The molecule has 0 spiro atoms. The van der Waals surface area contributed by atoms with E-state index in [1.54, 1.807) is 23.3 Å². The van der Waals surface area contributed by atoms with Crippen LogP contribution in [0.1, 0.15) is 45.2 Å². The lowest BCUT2D eigenvalue weighted by Gasteiger charge is -2.21. The number of nitrogens with zero attached hydrogens (tertiary/aromatic N) is 5. The van der Waals surface area contributed by atoms with Crippen LogP contribution in [0.25, 0.3) is 0 Å². The topological polar surface area (TPSA) is 102 Å². The summed E-state index contributed by atoms with van der Waals surface area (Å²) in [4.78, 5) is 23.5. The van der Waals surface area contributed by atoms with Crippen molar-refractivity contribution in [2.24, 2.45) is 11.8 Å². The van der Waals surface area contributed by atoms with Gasteiger partial charge < -0.3 is 16.0 Å². The van der Waals surface area contributed by atoms with E-state index in [1.807, 2.05) is 30.0 Å². The maximum atomic E-state index is 13.5. The summed E-state index contributed by atoms with van der Waals surface area (Å²) in [6.07, 6.45) is 6.52. The molecule has 1 saturated carbocycles. The van der Waals surface area contributed by atoms with Gasteiger partial charge in [-0.05, 0) is 48.6 Å². The van der Waals surface area contributed by atoms with E-state index in [4.69, 9.17) is 5.73 Å². The van der Waals surface area contributed by atoms with Crippen LogP contribution < -0.4 is 16.0 Å². The fourth-order valence-electron chi connectivity index (χ4n) is 5.32. The largest absolute Gasteiger partial charge is 0.383 e. The molecule has 2 fully saturated rings. The molecule has 8 nitrogen and oxygen atoms in total. The molecule has 0 aromatic carbocycles. The van der Waals surface area contributed by atoms with Crippen LogP contribution in [-0.4, -0.2) is 44.7 Å². The first-order valence-corrected chi connectivity index (χ1v) is 11.5. The zero-order valence-electron chi connectivity index (χ0n) is 18.7. The number of nitrogens with one attached hydrogen (secondary N) is 1. The molecular weight excluding hydrogens is 440 g/mol. The molecule has 1 saturated heterocycles. The molecule has 6 rings (SSSR count). The Labute approximate surface area is 195 Å². The van der Waals surface area contributed by atoms with Gasteiger partial charge in [-0.15, -0.1) is 0 Å². The second kappa shape index (κ2) is 7.48. The van der Waals surface area contributed by atoms with E-state index >= 15 is 0 Å². The van der Waals surface area contributed by atoms with Gasteiger partial charge in [0.05, 0.1) is 36.2 Å². The summed E-state index contributed by atoms with van der Waals surface area (Å²) < 4.78 is 28.7. The highest BCUT2D eigenvalue weighted by atomic mass is 19.3. The zero-order chi connectivity index (χ0) is 23.6. The van der Waals surface area contributed by atoms with Gasteiger partial charge >= 0.3 is 0 Å². The van der Waals surface area contributed by atoms with Crippen LogP contribution in [0.2, 0.25) is 0 Å². The van der Waals surface area contributed by atoms with Crippen molar-refractivity contribution in [3.63, 3.8) is 0 Å². The Morgan fingerprint density at radius 3 is 2.82 bits per heavy atom. The number of aryl methyl sites for hydroxylation is 1. The van der Waals surface area contributed by atoms with Crippen LogP contribution in [0.3, 0.4) is 0 Å². The van der Waals surface area contributed by atoms with Gasteiger partial charge in [-0.1, -0.05) is 6.07 Å². The molecule has 10 heteroatoms. The molecule has 1 amide bonds. The molecule has 3 atom stereocenters. The van der Waals surface area contributed by atoms with Gasteiger partial charge in [0.1, 0.15) is 11.6 Å². The number of carbonyl (C=O) groups excluding carboxylic acids is 1. The van der Waals surface area contributed by atoms with Crippen LogP contribution in [0.15, 0.2) is 36.8 Å². The van der Waals surface area contributed by atoms with Crippen LogP contribution >= 0.6 is 0 Å². The Kier molecular flexibility index (Phi) is 4.62. The number of hydrogen-bond donors (Lipinski definition) is 2. The minimum Gasteiger partial charge on any atom is -0.383 e. The number of fused-ring (bicyclic) bond motifs is 2. The van der Waals surface area contributed by atoms with Crippen molar-refractivity contribution in [1.29, 1.82) is 0 Å². The Morgan fingerprint density at radius 1 is 1.26 bits per heavy atom. The van der Waals surface area contributed by atoms with Gasteiger partial charge in [0.15, 0.2) is 0 Å². The Balaban J connectivity index is 1.10. The average molecular weight is 466 g/mol. The van der Waals surface area contributed by atoms with E-state index in [9.17, 15) is 13.6 Å². The SMILES string of the molecule is Cc1nc(N2CC3C(C2)C3(F)F)ccc1Cn1cc(C(=O)NC2CCc3c2ccnc3N)cn1. The summed E-state index contributed by atoms with van der Waals surface area (Å²) in [5.41, 5.74) is 10.2. The second-order valence-electron chi connectivity index (χ2n) is 9.46. The highest BCUT2D eigenvalue weighted by Gasteiger charge is 2.71. The Morgan fingerprint density at radius 2 is 2.06 bits per heavy atom. The lowest BCUT2D eigenvalue weighted by atomic mass is 10.1. The predicted octanol–water partition coefficient (Wildman–Crippen LogP) is 2.73. The number of alkyl halides is 2. The van der Waals surface area contributed by atoms with Crippen molar-refractivity contribution in [3.8, 4) is 0 Å². The molecule has 3 aliphatic rings. The molecule has 34 heavy (non-hydrogen) atoms. The third kappa shape index (κ3) is 3.39. The summed E-state index contributed by atoms with van der Waals surface area (Å²) >= 11 is 0. The van der Waals surface area contributed by atoms with E-state index in [1.165, 1.54) is 0 Å². The average Bonchev–Trinajstić information content (AvgIpc) is 3.37. The predicted molar refractivity (Wildman–Crippen MR) is 122 cm³/mol. The normalized spacial score (nSPS) is 24.1. The third-order valence-corrected chi connectivity index (χ3v) is 7.42. The fourth-order valence-corrected chi connectivity index (χ4v) is 5.32. The van der Waals surface area contributed by atoms with Crippen LogP contribution in [0.4, 0.5) is 20.4 Å². The number of nitrogen functional groups attached to an aromatic ring is 1. The maximum absolute atomic E-state index is 13.5. The van der Waals surface area contributed by atoms with Crippen molar-refractivity contribution in [2.45, 2.75) is 38.3 Å². The molecule has 3 aromatic heterocycles. The van der Waals surface area contributed by atoms with Gasteiger partial charge in [0.2, 0.25) is 0 Å².